The molecule has 0 aliphatic heterocycles. The van der Waals surface area contributed by atoms with E-state index in [1.807, 2.05) is 25.1 Å². The van der Waals surface area contributed by atoms with E-state index in [1.54, 1.807) is 0 Å². The third-order valence-corrected chi connectivity index (χ3v) is 2.45. The molecule has 0 saturated carbocycles. The van der Waals surface area contributed by atoms with Crippen molar-refractivity contribution in [3.05, 3.63) is 28.2 Å². The maximum atomic E-state index is 11.4. The molecule has 3 heteroatoms. The molecule has 1 rings (SSSR count). The summed E-state index contributed by atoms with van der Waals surface area (Å²) in [6.45, 7) is 1.95. The SMILES string of the molecule is C#CCCC(=O)Nc1ccc(Br)cc1C. The van der Waals surface area contributed by atoms with Crippen molar-refractivity contribution in [1.82, 2.24) is 0 Å². The van der Waals surface area contributed by atoms with E-state index in [4.69, 9.17) is 6.42 Å². The Bertz CT molecular complexity index is 407. The van der Waals surface area contributed by atoms with Crippen molar-refractivity contribution in [2.75, 3.05) is 5.32 Å². The van der Waals surface area contributed by atoms with Crippen LogP contribution in [0.1, 0.15) is 18.4 Å². The van der Waals surface area contributed by atoms with Gasteiger partial charge in [-0.25, -0.2) is 0 Å². The predicted molar refractivity (Wildman–Crippen MR) is 65.6 cm³/mol. The van der Waals surface area contributed by atoms with Crippen molar-refractivity contribution >= 4 is 27.5 Å². The number of carbonyl (C=O) groups is 1. The molecule has 1 aromatic carbocycles. The van der Waals surface area contributed by atoms with Gasteiger partial charge < -0.3 is 5.32 Å². The molecule has 1 amide bonds. The third kappa shape index (κ3) is 3.77. The highest BCUT2D eigenvalue weighted by Gasteiger charge is 2.03. The van der Waals surface area contributed by atoms with Crippen LogP contribution in [-0.4, -0.2) is 5.91 Å². The van der Waals surface area contributed by atoms with Crippen molar-refractivity contribution in [2.24, 2.45) is 0 Å². The molecular formula is C12H12BrNO. The van der Waals surface area contributed by atoms with Gasteiger partial charge in [-0.2, -0.15) is 0 Å². The highest BCUT2D eigenvalue weighted by Crippen LogP contribution is 2.20. The summed E-state index contributed by atoms with van der Waals surface area (Å²) >= 11 is 3.37. The standard InChI is InChI=1S/C12H12BrNO/c1-3-4-5-12(15)14-11-7-6-10(13)8-9(11)2/h1,6-8H,4-5H2,2H3,(H,14,15). The van der Waals surface area contributed by atoms with E-state index in [2.05, 4.69) is 27.2 Å². The topological polar surface area (TPSA) is 29.1 Å². The quantitative estimate of drug-likeness (QED) is 0.837. The summed E-state index contributed by atoms with van der Waals surface area (Å²) in [5.41, 5.74) is 1.86. The van der Waals surface area contributed by atoms with Crippen LogP contribution in [0.5, 0.6) is 0 Å². The fourth-order valence-electron chi connectivity index (χ4n) is 1.17. The molecule has 0 aliphatic carbocycles. The molecule has 0 saturated heterocycles. The molecule has 15 heavy (non-hydrogen) atoms. The Labute approximate surface area is 98.2 Å². The summed E-state index contributed by atoms with van der Waals surface area (Å²) in [7, 11) is 0. The van der Waals surface area contributed by atoms with Crippen LogP contribution in [0.2, 0.25) is 0 Å². The van der Waals surface area contributed by atoms with Crippen LogP contribution in [0.15, 0.2) is 22.7 Å². The summed E-state index contributed by atoms with van der Waals surface area (Å²) in [4.78, 5) is 11.4. The average Bonchev–Trinajstić information content (AvgIpc) is 2.19. The first kappa shape index (κ1) is 11.8. The van der Waals surface area contributed by atoms with E-state index in [-0.39, 0.29) is 5.91 Å². The van der Waals surface area contributed by atoms with Crippen LogP contribution in [0.4, 0.5) is 5.69 Å². The largest absolute Gasteiger partial charge is 0.326 e. The first-order valence-electron chi connectivity index (χ1n) is 4.63. The fraction of sp³-hybridized carbons (Fsp3) is 0.250. The van der Waals surface area contributed by atoms with Crippen LogP contribution in [-0.2, 0) is 4.79 Å². The smallest absolute Gasteiger partial charge is 0.225 e. The summed E-state index contributed by atoms with van der Waals surface area (Å²) in [5.74, 6) is 2.40. The minimum Gasteiger partial charge on any atom is -0.326 e. The number of halogens is 1. The van der Waals surface area contributed by atoms with Crippen LogP contribution < -0.4 is 5.32 Å². The average molecular weight is 266 g/mol. The Morgan fingerprint density at radius 2 is 2.33 bits per heavy atom. The second kappa shape index (κ2) is 5.57. The Morgan fingerprint density at radius 3 is 2.93 bits per heavy atom. The van der Waals surface area contributed by atoms with Crippen LogP contribution in [0, 0.1) is 19.3 Å². The number of terminal acetylenes is 1. The maximum Gasteiger partial charge on any atom is 0.225 e. The zero-order valence-corrected chi connectivity index (χ0v) is 10.1. The first-order valence-corrected chi connectivity index (χ1v) is 5.42. The molecule has 0 radical (unpaired) electrons. The Kier molecular flexibility index (Phi) is 4.38. The number of aryl methyl sites for hydroxylation is 1. The number of amides is 1. The number of hydrogen-bond acceptors (Lipinski definition) is 1. The third-order valence-electron chi connectivity index (χ3n) is 1.96. The number of carbonyl (C=O) groups excluding carboxylic acids is 1. The van der Waals surface area contributed by atoms with Gasteiger partial charge in [0.05, 0.1) is 0 Å². The molecule has 0 aromatic heterocycles. The van der Waals surface area contributed by atoms with E-state index in [9.17, 15) is 4.79 Å². The first-order chi connectivity index (χ1) is 7.13. The van der Waals surface area contributed by atoms with Crippen molar-refractivity contribution in [3.8, 4) is 12.3 Å². The van der Waals surface area contributed by atoms with Gasteiger partial charge in [0.2, 0.25) is 5.91 Å². The molecule has 0 heterocycles. The molecular weight excluding hydrogens is 254 g/mol. The van der Waals surface area contributed by atoms with Crippen molar-refractivity contribution in [3.63, 3.8) is 0 Å². The minimum absolute atomic E-state index is 0.0432. The van der Waals surface area contributed by atoms with Gasteiger partial charge in [-0.05, 0) is 30.7 Å². The zero-order valence-electron chi connectivity index (χ0n) is 8.51. The summed E-state index contributed by atoms with van der Waals surface area (Å²) in [6, 6.07) is 5.72. The van der Waals surface area contributed by atoms with Crippen molar-refractivity contribution in [1.29, 1.82) is 0 Å². The van der Waals surface area contributed by atoms with Gasteiger partial charge in [0.15, 0.2) is 0 Å². The van der Waals surface area contributed by atoms with Crippen LogP contribution >= 0.6 is 15.9 Å². The predicted octanol–water partition coefficient (Wildman–Crippen LogP) is 3.11. The van der Waals surface area contributed by atoms with Gasteiger partial charge in [0.25, 0.3) is 0 Å². The second-order valence-electron chi connectivity index (χ2n) is 3.21. The van der Waals surface area contributed by atoms with Crippen LogP contribution in [0.3, 0.4) is 0 Å². The normalized spacial score (nSPS) is 9.40. The maximum absolute atomic E-state index is 11.4. The number of hydrogen-bond donors (Lipinski definition) is 1. The van der Waals surface area contributed by atoms with Gasteiger partial charge in [0, 0.05) is 23.0 Å². The number of benzene rings is 1. The molecule has 0 atom stereocenters. The Hall–Kier alpha value is -1.27. The van der Waals surface area contributed by atoms with Gasteiger partial charge >= 0.3 is 0 Å². The number of rotatable bonds is 3. The second-order valence-corrected chi connectivity index (χ2v) is 4.13. The molecule has 2 nitrogen and oxygen atoms in total. The lowest BCUT2D eigenvalue weighted by molar-refractivity contribution is -0.116. The fourth-order valence-corrected chi connectivity index (χ4v) is 1.64. The molecule has 1 N–H and O–H groups in total. The monoisotopic (exact) mass is 265 g/mol. The van der Waals surface area contributed by atoms with E-state index in [1.165, 1.54) is 0 Å². The minimum atomic E-state index is -0.0432. The van der Waals surface area contributed by atoms with E-state index >= 15 is 0 Å². The Balaban J connectivity index is 2.65. The molecule has 1 aromatic rings. The molecule has 0 bridgehead atoms. The van der Waals surface area contributed by atoms with E-state index in [0.29, 0.717) is 12.8 Å². The lowest BCUT2D eigenvalue weighted by Crippen LogP contribution is -2.11. The van der Waals surface area contributed by atoms with Gasteiger partial charge in [-0.3, -0.25) is 4.79 Å². The molecule has 0 aliphatic rings. The Morgan fingerprint density at radius 1 is 1.60 bits per heavy atom. The highest BCUT2D eigenvalue weighted by atomic mass is 79.9. The van der Waals surface area contributed by atoms with Crippen molar-refractivity contribution < 1.29 is 4.79 Å². The molecule has 0 unspecified atom stereocenters. The van der Waals surface area contributed by atoms with Gasteiger partial charge in [0.1, 0.15) is 0 Å². The number of anilines is 1. The van der Waals surface area contributed by atoms with E-state index < -0.39 is 0 Å². The summed E-state index contributed by atoms with van der Waals surface area (Å²) in [5, 5.41) is 2.82. The van der Waals surface area contributed by atoms with Crippen molar-refractivity contribution in [2.45, 2.75) is 19.8 Å². The van der Waals surface area contributed by atoms with Gasteiger partial charge in [-0.1, -0.05) is 15.9 Å². The molecule has 0 spiro atoms. The van der Waals surface area contributed by atoms with Gasteiger partial charge in [-0.15, -0.1) is 12.3 Å². The molecule has 0 fully saturated rings. The summed E-state index contributed by atoms with van der Waals surface area (Å²) in [6.07, 6.45) is 5.92. The van der Waals surface area contributed by atoms with E-state index in [0.717, 1.165) is 15.7 Å². The highest BCUT2D eigenvalue weighted by molar-refractivity contribution is 9.10. The lowest BCUT2D eigenvalue weighted by atomic mass is 10.2. The lowest BCUT2D eigenvalue weighted by Gasteiger charge is -2.07. The summed E-state index contributed by atoms with van der Waals surface area (Å²) < 4.78 is 1.00. The zero-order chi connectivity index (χ0) is 11.3. The number of nitrogens with one attached hydrogen (secondary N) is 1. The van der Waals surface area contributed by atoms with Crippen LogP contribution in [0.25, 0.3) is 0 Å². The molecule has 78 valence electrons.